The molecule has 2 unspecified atom stereocenters. The van der Waals surface area contributed by atoms with Crippen LogP contribution in [-0.2, 0) is 16.6 Å². The topological polar surface area (TPSA) is 91.7 Å². The summed E-state index contributed by atoms with van der Waals surface area (Å²) in [6, 6.07) is 10.3. The molecule has 208 valence electrons. The summed E-state index contributed by atoms with van der Waals surface area (Å²) in [5.74, 6) is 2.64. The maximum absolute atomic E-state index is 11.7. The molecular formula is C29H40N8O2. The lowest BCUT2D eigenvalue weighted by Gasteiger charge is -2.32. The van der Waals surface area contributed by atoms with Crippen LogP contribution in [0.25, 0.3) is 22.6 Å². The number of aldehydes is 1. The zero-order valence-corrected chi connectivity index (χ0v) is 23.5. The lowest BCUT2D eigenvalue weighted by atomic mass is 9.97. The molecular weight excluding hydrogens is 492 g/mol. The molecule has 0 amide bonds. The first-order valence-corrected chi connectivity index (χ1v) is 14.0. The minimum Gasteiger partial charge on any atom is -0.378 e. The predicted molar refractivity (Wildman–Crippen MR) is 155 cm³/mol. The van der Waals surface area contributed by atoms with Crippen LogP contribution in [0, 0.1) is 5.92 Å². The van der Waals surface area contributed by atoms with E-state index in [0.717, 1.165) is 79.6 Å². The molecule has 4 heterocycles. The maximum atomic E-state index is 11.7. The van der Waals surface area contributed by atoms with Crippen LogP contribution in [0.1, 0.15) is 26.7 Å². The monoisotopic (exact) mass is 532 g/mol. The van der Waals surface area contributed by atoms with E-state index in [2.05, 4.69) is 64.2 Å². The fourth-order valence-electron chi connectivity index (χ4n) is 5.44. The van der Waals surface area contributed by atoms with E-state index < -0.39 is 0 Å². The molecule has 1 saturated heterocycles. The summed E-state index contributed by atoms with van der Waals surface area (Å²) in [4.78, 5) is 28.9. The summed E-state index contributed by atoms with van der Waals surface area (Å²) >= 11 is 0. The Labute approximate surface area is 231 Å². The summed E-state index contributed by atoms with van der Waals surface area (Å²) in [6.45, 7) is 9.89. The molecule has 0 spiro atoms. The molecule has 39 heavy (non-hydrogen) atoms. The van der Waals surface area contributed by atoms with Gasteiger partial charge in [-0.3, -0.25) is 4.68 Å². The normalized spacial score (nSPS) is 17.8. The number of aryl methyl sites for hydroxylation is 1. The molecule has 2 aliphatic rings. The second-order valence-electron chi connectivity index (χ2n) is 10.3. The quantitative estimate of drug-likeness (QED) is 0.373. The molecule has 1 N–H and O–H groups in total. The third-order valence-corrected chi connectivity index (χ3v) is 7.82. The number of ether oxygens (including phenoxy) is 1. The summed E-state index contributed by atoms with van der Waals surface area (Å²) < 4.78 is 7.46. The third kappa shape index (κ3) is 5.77. The van der Waals surface area contributed by atoms with Crippen molar-refractivity contribution in [3.63, 3.8) is 0 Å². The molecule has 0 bridgehead atoms. The van der Waals surface area contributed by atoms with Gasteiger partial charge in [0.2, 0.25) is 0 Å². The van der Waals surface area contributed by atoms with Crippen molar-refractivity contribution in [3.05, 3.63) is 36.5 Å². The van der Waals surface area contributed by atoms with Gasteiger partial charge in [0.25, 0.3) is 0 Å². The number of hydrogen-bond donors (Lipinski definition) is 1. The first kappa shape index (κ1) is 27.1. The minimum atomic E-state index is -0.0235. The van der Waals surface area contributed by atoms with Crippen LogP contribution in [0.4, 0.5) is 17.3 Å². The van der Waals surface area contributed by atoms with Crippen LogP contribution in [-0.4, -0.2) is 90.1 Å². The maximum Gasteiger partial charge on any atom is 0.164 e. The Morgan fingerprint density at radius 2 is 1.92 bits per heavy atom. The third-order valence-electron chi connectivity index (χ3n) is 7.82. The molecule has 0 saturated carbocycles. The number of morpholine rings is 1. The number of aromatic nitrogens is 4. The van der Waals surface area contributed by atoms with Gasteiger partial charge in [-0.2, -0.15) is 5.10 Å². The number of anilines is 3. The van der Waals surface area contributed by atoms with Crippen LogP contribution in [0.2, 0.25) is 0 Å². The number of hydrogen-bond acceptors (Lipinski definition) is 9. The highest BCUT2D eigenvalue weighted by molar-refractivity contribution is 5.85. The van der Waals surface area contributed by atoms with E-state index in [-0.39, 0.29) is 12.1 Å². The Bertz CT molecular complexity index is 1270. The zero-order chi connectivity index (χ0) is 27.4. The molecule has 1 aromatic carbocycles. The van der Waals surface area contributed by atoms with Crippen LogP contribution in [0.5, 0.6) is 0 Å². The highest BCUT2D eigenvalue weighted by Crippen LogP contribution is 2.43. The van der Waals surface area contributed by atoms with Crippen LogP contribution in [0.3, 0.4) is 0 Å². The molecule has 0 radical (unpaired) electrons. The first-order chi connectivity index (χ1) is 19.0. The molecule has 10 heteroatoms. The Hall–Kier alpha value is -3.50. The number of nitrogens with zero attached hydrogens (tertiary/aromatic N) is 7. The second-order valence-corrected chi connectivity index (χ2v) is 10.3. The first-order valence-electron chi connectivity index (χ1n) is 14.0. The number of nitrogens with one attached hydrogen (secondary N) is 1. The molecule has 10 nitrogen and oxygen atoms in total. The fraction of sp³-hybridized carbons (Fsp3) is 0.517. The molecule has 0 aliphatic carbocycles. The number of carbonyl (C=O) groups is 1. The van der Waals surface area contributed by atoms with Gasteiger partial charge in [0, 0.05) is 56.3 Å². The van der Waals surface area contributed by atoms with E-state index >= 15 is 0 Å². The van der Waals surface area contributed by atoms with Crippen LogP contribution < -0.4 is 15.1 Å². The van der Waals surface area contributed by atoms with Crippen LogP contribution >= 0.6 is 0 Å². The largest absolute Gasteiger partial charge is 0.378 e. The van der Waals surface area contributed by atoms with E-state index in [1.54, 1.807) is 0 Å². The smallest absolute Gasteiger partial charge is 0.164 e. The van der Waals surface area contributed by atoms with Crippen molar-refractivity contribution in [1.29, 1.82) is 0 Å². The van der Waals surface area contributed by atoms with Gasteiger partial charge in [-0.05, 0) is 45.6 Å². The van der Waals surface area contributed by atoms with Gasteiger partial charge in [0.1, 0.15) is 18.1 Å². The van der Waals surface area contributed by atoms with Crippen molar-refractivity contribution in [1.82, 2.24) is 24.6 Å². The minimum absolute atomic E-state index is 0.0235. The van der Waals surface area contributed by atoms with Crippen molar-refractivity contribution in [2.24, 2.45) is 13.0 Å². The predicted octanol–water partition coefficient (Wildman–Crippen LogP) is 3.51. The Balaban J connectivity index is 1.55. The van der Waals surface area contributed by atoms with Gasteiger partial charge in [-0.1, -0.05) is 25.1 Å². The van der Waals surface area contributed by atoms with Crippen molar-refractivity contribution in [2.45, 2.75) is 32.9 Å². The SMILES string of the molecule is CCN(C)CCC(CC=O)C1Nc2c(N3CCOCC3)nc(-c3cccc(-c4ccn(C)n4)c3)nc2N1CC. The fourth-order valence-corrected chi connectivity index (χ4v) is 5.44. The van der Waals surface area contributed by atoms with Gasteiger partial charge in [-0.25, -0.2) is 9.97 Å². The van der Waals surface area contributed by atoms with Gasteiger partial charge in [0.15, 0.2) is 17.5 Å². The van der Waals surface area contributed by atoms with Gasteiger partial charge < -0.3 is 29.5 Å². The Kier molecular flexibility index (Phi) is 8.42. The average molecular weight is 533 g/mol. The number of fused-ring (bicyclic) bond motifs is 1. The van der Waals surface area contributed by atoms with Gasteiger partial charge >= 0.3 is 0 Å². The molecule has 3 aromatic rings. The highest BCUT2D eigenvalue weighted by Gasteiger charge is 2.38. The lowest BCUT2D eigenvalue weighted by Crippen LogP contribution is -2.43. The second kappa shape index (κ2) is 12.1. The van der Waals surface area contributed by atoms with Crippen LogP contribution in [0.15, 0.2) is 36.5 Å². The Morgan fingerprint density at radius 1 is 1.15 bits per heavy atom. The molecule has 2 atom stereocenters. The van der Waals surface area contributed by atoms with Crippen molar-refractivity contribution in [3.8, 4) is 22.6 Å². The standard InChI is InChI=1S/C29H40N8O2/c1-5-34(3)13-10-21(12-17-38)27-30-25-28(36-15-18-39-19-16-36)31-26(32-29(25)37(27)6-2)23-9-7-8-22(20-23)24-11-14-35(4)33-24/h7-9,11,14,17,20-21,27,30H,5-6,10,12-13,15-16,18-19H2,1-4H3. The average Bonchev–Trinajstić information content (AvgIpc) is 3.58. The highest BCUT2D eigenvalue weighted by atomic mass is 16.5. The lowest BCUT2D eigenvalue weighted by molar-refractivity contribution is -0.108. The zero-order valence-electron chi connectivity index (χ0n) is 23.5. The van der Waals surface area contributed by atoms with Gasteiger partial charge in [0.05, 0.1) is 18.9 Å². The summed E-state index contributed by atoms with van der Waals surface area (Å²) in [6.07, 6.45) is 4.40. The van der Waals surface area contributed by atoms with E-state index in [9.17, 15) is 4.79 Å². The number of carbonyl (C=O) groups excluding carboxylic acids is 1. The molecule has 2 aliphatic heterocycles. The summed E-state index contributed by atoms with van der Waals surface area (Å²) in [7, 11) is 4.05. The van der Waals surface area contributed by atoms with Crippen molar-refractivity contribution < 1.29 is 9.53 Å². The van der Waals surface area contributed by atoms with E-state index in [1.807, 2.05) is 30.1 Å². The van der Waals surface area contributed by atoms with Crippen molar-refractivity contribution in [2.75, 3.05) is 68.1 Å². The summed E-state index contributed by atoms with van der Waals surface area (Å²) in [5, 5.41) is 8.35. The summed E-state index contributed by atoms with van der Waals surface area (Å²) in [5.41, 5.74) is 3.84. The number of benzene rings is 1. The van der Waals surface area contributed by atoms with E-state index in [1.165, 1.54) is 0 Å². The molecule has 1 fully saturated rings. The van der Waals surface area contributed by atoms with E-state index in [0.29, 0.717) is 25.5 Å². The number of rotatable bonds is 11. The van der Waals surface area contributed by atoms with Crippen molar-refractivity contribution >= 4 is 23.6 Å². The van der Waals surface area contributed by atoms with E-state index in [4.69, 9.17) is 14.7 Å². The molecule has 5 rings (SSSR count). The van der Waals surface area contributed by atoms with Gasteiger partial charge in [-0.15, -0.1) is 0 Å². The molecule has 2 aromatic heterocycles. The Morgan fingerprint density at radius 3 is 2.62 bits per heavy atom.